The van der Waals surface area contributed by atoms with E-state index >= 15 is 0 Å². The summed E-state index contributed by atoms with van der Waals surface area (Å²) in [5.41, 5.74) is 0. The number of hydrogen-bond acceptors (Lipinski definition) is 2. The molecule has 0 saturated heterocycles. The molecule has 0 aromatic carbocycles. The fraction of sp³-hybridized carbons (Fsp3) is 0.786. The predicted molar refractivity (Wildman–Crippen MR) is 143 cm³/mol. The first-order chi connectivity index (χ1) is 15.6. The first-order valence-corrected chi connectivity index (χ1v) is 13.5. The number of carbonyl (C=O) groups excluding carboxylic acids is 2. The number of unbranched alkanes of at least 4 members (excludes halogenated alkanes) is 11. The number of nitrogens with one attached hydrogen (secondary N) is 2. The van der Waals surface area contributed by atoms with Gasteiger partial charge in [0, 0.05) is 28.3 Å². The maximum absolute atomic E-state index is 12.2. The van der Waals surface area contributed by atoms with Gasteiger partial charge in [0.15, 0.2) is 0 Å². The molecule has 0 aliphatic carbocycles. The second-order valence-electron chi connectivity index (χ2n) is 8.96. The van der Waals surface area contributed by atoms with Crippen molar-refractivity contribution in [3.8, 4) is 0 Å². The number of allylic oxidation sites excluding steroid dienone is 2. The molecule has 0 radical (unpaired) electrons. The van der Waals surface area contributed by atoms with Crippen LogP contribution in [0.15, 0.2) is 24.8 Å². The fourth-order valence-corrected chi connectivity index (χ4v) is 3.76. The van der Waals surface area contributed by atoms with Gasteiger partial charge in [-0.15, -0.1) is 6.58 Å². The van der Waals surface area contributed by atoms with Crippen molar-refractivity contribution in [3.05, 3.63) is 24.8 Å². The van der Waals surface area contributed by atoms with Crippen LogP contribution in [0.25, 0.3) is 0 Å². The van der Waals surface area contributed by atoms with Gasteiger partial charge < -0.3 is 10.6 Å². The topological polar surface area (TPSA) is 58.2 Å². The van der Waals surface area contributed by atoms with Gasteiger partial charge in [0.1, 0.15) is 0 Å². The van der Waals surface area contributed by atoms with Crippen molar-refractivity contribution in [2.75, 3.05) is 6.54 Å². The van der Waals surface area contributed by atoms with E-state index in [1.807, 2.05) is 6.08 Å². The van der Waals surface area contributed by atoms with Gasteiger partial charge in [0.2, 0.25) is 11.8 Å². The van der Waals surface area contributed by atoms with E-state index in [0.717, 1.165) is 57.9 Å². The van der Waals surface area contributed by atoms with Crippen LogP contribution in [-0.2, 0) is 9.59 Å². The highest BCUT2D eigenvalue weighted by Gasteiger charge is 2.09. The van der Waals surface area contributed by atoms with Crippen LogP contribution in [0.4, 0.5) is 0 Å². The molecule has 0 rings (SSSR count). The molecular formula is C28H56N2O2. The van der Waals surface area contributed by atoms with Crippen LogP contribution in [0, 0.1) is 0 Å². The SMILES string of the molecule is C=CC(CCCCNC(=O)CCCCCCCC)NC(=O)CCCCCCC/C=C\CC.[HH].[HH]. The summed E-state index contributed by atoms with van der Waals surface area (Å²) in [6, 6.07) is 0.0340. The van der Waals surface area contributed by atoms with Crippen LogP contribution in [0.1, 0.15) is 132 Å². The van der Waals surface area contributed by atoms with Crippen LogP contribution in [0.5, 0.6) is 0 Å². The highest BCUT2D eigenvalue weighted by Crippen LogP contribution is 2.09. The average molecular weight is 453 g/mol. The summed E-state index contributed by atoms with van der Waals surface area (Å²) in [4.78, 5) is 24.0. The van der Waals surface area contributed by atoms with Crippen LogP contribution in [0.2, 0.25) is 0 Å². The third kappa shape index (κ3) is 21.6. The molecule has 0 aromatic rings. The van der Waals surface area contributed by atoms with E-state index in [4.69, 9.17) is 0 Å². The van der Waals surface area contributed by atoms with E-state index < -0.39 is 0 Å². The second kappa shape index (κ2) is 24.1. The van der Waals surface area contributed by atoms with Crippen LogP contribution >= 0.6 is 0 Å². The Morgan fingerprint density at radius 3 is 2.06 bits per heavy atom. The zero-order valence-electron chi connectivity index (χ0n) is 21.3. The van der Waals surface area contributed by atoms with Crippen molar-refractivity contribution >= 4 is 11.8 Å². The molecule has 1 atom stereocenters. The Hall–Kier alpha value is -1.58. The molecule has 0 bridgehead atoms. The summed E-state index contributed by atoms with van der Waals surface area (Å²) in [6.45, 7) is 8.97. The van der Waals surface area contributed by atoms with Crippen molar-refractivity contribution in [2.45, 2.75) is 135 Å². The van der Waals surface area contributed by atoms with E-state index in [0.29, 0.717) is 12.8 Å². The molecule has 0 aliphatic rings. The molecule has 4 nitrogen and oxygen atoms in total. The first kappa shape index (κ1) is 30.4. The molecule has 2 amide bonds. The summed E-state index contributed by atoms with van der Waals surface area (Å²) < 4.78 is 0. The maximum atomic E-state index is 12.2. The quantitative estimate of drug-likeness (QED) is 0.122. The largest absolute Gasteiger partial charge is 0.356 e. The van der Waals surface area contributed by atoms with Crippen LogP contribution < -0.4 is 10.6 Å². The summed E-state index contributed by atoms with van der Waals surface area (Å²) in [5, 5.41) is 6.11. The summed E-state index contributed by atoms with van der Waals surface area (Å²) in [6.07, 6.45) is 25.7. The Morgan fingerprint density at radius 2 is 1.41 bits per heavy atom. The van der Waals surface area contributed by atoms with E-state index in [-0.39, 0.29) is 20.7 Å². The lowest BCUT2D eigenvalue weighted by Gasteiger charge is -2.15. The summed E-state index contributed by atoms with van der Waals surface area (Å²) in [5.74, 6) is 0.305. The van der Waals surface area contributed by atoms with Gasteiger partial charge in [0.05, 0.1) is 0 Å². The van der Waals surface area contributed by atoms with Gasteiger partial charge in [-0.3, -0.25) is 9.59 Å². The monoisotopic (exact) mass is 452 g/mol. The Bertz CT molecular complexity index is 499. The van der Waals surface area contributed by atoms with Crippen molar-refractivity contribution in [2.24, 2.45) is 0 Å². The standard InChI is InChI=1S/C28H52N2O2.2H2/c1-4-7-9-11-13-14-15-17-19-24-28(32)30-26(6-3)22-20-21-25-29-27(31)23-18-16-12-10-8-5-2;;/h6-7,9,26H,3-5,8,10-25H2,1-2H3,(H,29,31)(H,30,32);2*1H/b9-7-;;. The molecule has 4 heteroatoms. The third-order valence-corrected chi connectivity index (χ3v) is 5.83. The smallest absolute Gasteiger partial charge is 0.220 e. The minimum absolute atomic E-state index is 0. The lowest BCUT2D eigenvalue weighted by Crippen LogP contribution is -2.33. The molecule has 1 unspecified atom stereocenters. The molecule has 0 spiro atoms. The lowest BCUT2D eigenvalue weighted by atomic mass is 10.1. The molecule has 0 aromatic heterocycles. The van der Waals surface area contributed by atoms with Gasteiger partial charge in [-0.05, 0) is 51.4 Å². The van der Waals surface area contributed by atoms with Crippen LogP contribution in [-0.4, -0.2) is 24.4 Å². The van der Waals surface area contributed by atoms with Gasteiger partial charge in [0.25, 0.3) is 0 Å². The highest BCUT2D eigenvalue weighted by atomic mass is 16.2. The summed E-state index contributed by atoms with van der Waals surface area (Å²) >= 11 is 0. The van der Waals surface area contributed by atoms with E-state index in [9.17, 15) is 9.59 Å². The maximum Gasteiger partial charge on any atom is 0.220 e. The minimum atomic E-state index is 0. The minimum Gasteiger partial charge on any atom is -0.356 e. The normalized spacial score (nSPS) is 12.1. The second-order valence-corrected chi connectivity index (χ2v) is 8.96. The Morgan fingerprint density at radius 1 is 0.781 bits per heavy atom. The number of hydrogen-bond donors (Lipinski definition) is 2. The fourth-order valence-electron chi connectivity index (χ4n) is 3.76. The molecular weight excluding hydrogens is 396 g/mol. The molecule has 2 N–H and O–H groups in total. The van der Waals surface area contributed by atoms with E-state index in [2.05, 4.69) is 43.2 Å². The Labute approximate surface area is 202 Å². The van der Waals surface area contributed by atoms with E-state index in [1.165, 1.54) is 51.4 Å². The molecule has 0 saturated carbocycles. The summed E-state index contributed by atoms with van der Waals surface area (Å²) in [7, 11) is 0. The van der Waals surface area contributed by atoms with Crippen molar-refractivity contribution in [1.82, 2.24) is 10.6 Å². The van der Waals surface area contributed by atoms with Gasteiger partial charge in [-0.25, -0.2) is 0 Å². The molecule has 190 valence electrons. The number of carbonyl (C=O) groups is 2. The number of rotatable bonds is 23. The van der Waals surface area contributed by atoms with Crippen molar-refractivity contribution in [1.29, 1.82) is 0 Å². The molecule has 32 heavy (non-hydrogen) atoms. The van der Waals surface area contributed by atoms with Crippen LogP contribution in [0.3, 0.4) is 0 Å². The van der Waals surface area contributed by atoms with Gasteiger partial charge in [-0.1, -0.05) is 83.4 Å². The Balaban J connectivity index is -0.00000480. The third-order valence-electron chi connectivity index (χ3n) is 5.83. The lowest BCUT2D eigenvalue weighted by molar-refractivity contribution is -0.122. The van der Waals surface area contributed by atoms with Gasteiger partial charge in [-0.2, -0.15) is 0 Å². The van der Waals surface area contributed by atoms with Crippen molar-refractivity contribution in [3.63, 3.8) is 0 Å². The molecule has 0 heterocycles. The van der Waals surface area contributed by atoms with Gasteiger partial charge >= 0.3 is 0 Å². The number of amides is 2. The Kier molecular flexibility index (Phi) is 22.9. The zero-order chi connectivity index (χ0) is 23.7. The predicted octanol–water partition coefficient (Wildman–Crippen LogP) is 7.88. The molecule has 0 aliphatic heterocycles. The first-order valence-electron chi connectivity index (χ1n) is 13.5. The molecule has 0 fully saturated rings. The van der Waals surface area contributed by atoms with E-state index in [1.54, 1.807) is 0 Å². The highest BCUT2D eigenvalue weighted by molar-refractivity contribution is 5.76. The van der Waals surface area contributed by atoms with Crippen molar-refractivity contribution < 1.29 is 12.4 Å². The zero-order valence-corrected chi connectivity index (χ0v) is 21.3. The average Bonchev–Trinajstić information content (AvgIpc) is 2.79.